The number of hydrogen-bond acceptors (Lipinski definition) is 5. The highest BCUT2D eigenvalue weighted by Crippen LogP contribution is 2.37. The van der Waals surface area contributed by atoms with Crippen molar-refractivity contribution in [2.24, 2.45) is 11.8 Å². The Morgan fingerprint density at radius 2 is 1.68 bits per heavy atom. The highest BCUT2D eigenvalue weighted by molar-refractivity contribution is 6.05. The van der Waals surface area contributed by atoms with Crippen molar-refractivity contribution < 1.29 is 19.1 Å². The van der Waals surface area contributed by atoms with E-state index >= 15 is 0 Å². The monoisotopic (exact) mass is 501 g/mol. The molecule has 7 heteroatoms. The average Bonchev–Trinajstić information content (AvgIpc) is 3.66. The van der Waals surface area contributed by atoms with E-state index in [4.69, 9.17) is 4.74 Å². The van der Waals surface area contributed by atoms with Crippen LogP contribution in [0.1, 0.15) is 72.0 Å². The lowest BCUT2D eigenvalue weighted by Gasteiger charge is -2.30. The van der Waals surface area contributed by atoms with Gasteiger partial charge in [-0.2, -0.15) is 0 Å². The summed E-state index contributed by atoms with van der Waals surface area (Å²) < 4.78 is 6.16. The molecule has 37 heavy (non-hydrogen) atoms. The molecule has 2 aromatic carbocycles. The standard InChI is InChI=1S/C30H35N3O4/c34-28-13-12-26(29(35)32-28)33-17-25-24(30(33)36)2-1-3-27(25)37-18-21-8-6-20(7-9-21)15-23-11-10-22(16-31-23)14-19-4-5-19/h1-3,6-9,19,22-23,26,31H,4-5,10-18H2,(H,32,34,35). The number of ether oxygens (including phenoxy) is 1. The van der Waals surface area contributed by atoms with Crippen molar-refractivity contribution in [2.75, 3.05) is 6.54 Å². The minimum absolute atomic E-state index is 0.186. The van der Waals surface area contributed by atoms with Crippen LogP contribution in [0.2, 0.25) is 0 Å². The van der Waals surface area contributed by atoms with Gasteiger partial charge in [-0.15, -0.1) is 0 Å². The highest BCUT2D eigenvalue weighted by Gasteiger charge is 2.40. The van der Waals surface area contributed by atoms with Gasteiger partial charge in [0, 0.05) is 23.6 Å². The number of fused-ring (bicyclic) bond motifs is 1. The molecule has 3 atom stereocenters. The molecule has 2 N–H and O–H groups in total. The molecule has 0 spiro atoms. The minimum Gasteiger partial charge on any atom is -0.489 e. The lowest BCUT2D eigenvalue weighted by molar-refractivity contribution is -0.136. The molecule has 0 aromatic heterocycles. The average molecular weight is 502 g/mol. The van der Waals surface area contributed by atoms with E-state index < -0.39 is 11.9 Å². The van der Waals surface area contributed by atoms with Crippen LogP contribution in [0.5, 0.6) is 5.75 Å². The van der Waals surface area contributed by atoms with Crippen LogP contribution in [0.4, 0.5) is 0 Å². The molecule has 3 fully saturated rings. The Hall–Kier alpha value is -3.19. The molecule has 6 rings (SSSR count). The summed E-state index contributed by atoms with van der Waals surface area (Å²) in [6.07, 6.45) is 8.58. The first-order chi connectivity index (χ1) is 18.0. The van der Waals surface area contributed by atoms with Crippen LogP contribution in [0.25, 0.3) is 0 Å². The van der Waals surface area contributed by atoms with Crippen LogP contribution in [-0.4, -0.2) is 41.2 Å². The first-order valence-electron chi connectivity index (χ1n) is 13.7. The molecule has 4 aliphatic rings. The lowest BCUT2D eigenvalue weighted by Crippen LogP contribution is -2.52. The predicted molar refractivity (Wildman–Crippen MR) is 139 cm³/mol. The number of carbonyl (C=O) groups excluding carboxylic acids is 3. The predicted octanol–water partition coefficient (Wildman–Crippen LogP) is 3.74. The van der Waals surface area contributed by atoms with Gasteiger partial charge >= 0.3 is 0 Å². The van der Waals surface area contributed by atoms with Crippen LogP contribution >= 0.6 is 0 Å². The maximum absolute atomic E-state index is 13.0. The lowest BCUT2D eigenvalue weighted by atomic mass is 9.88. The quantitative estimate of drug-likeness (QED) is 0.538. The summed E-state index contributed by atoms with van der Waals surface area (Å²) in [6.45, 7) is 1.89. The SMILES string of the molecule is O=C1CCC(N2Cc3c(OCc4ccc(CC5CCC(CC6CC6)CN5)cc4)cccc3C2=O)C(=O)N1. The molecule has 0 radical (unpaired) electrons. The first kappa shape index (κ1) is 24.2. The normalized spacial score (nSPS) is 25.7. The Balaban J connectivity index is 1.03. The van der Waals surface area contributed by atoms with Crippen LogP contribution in [-0.2, 0) is 29.2 Å². The largest absolute Gasteiger partial charge is 0.489 e. The molecule has 3 heterocycles. The third kappa shape index (κ3) is 5.42. The molecule has 2 aromatic rings. The van der Waals surface area contributed by atoms with Crippen molar-refractivity contribution in [1.29, 1.82) is 0 Å². The molecule has 3 aliphatic heterocycles. The number of amides is 3. The highest BCUT2D eigenvalue weighted by atomic mass is 16.5. The van der Waals surface area contributed by atoms with Gasteiger partial charge in [-0.25, -0.2) is 0 Å². The van der Waals surface area contributed by atoms with Crippen molar-refractivity contribution in [3.63, 3.8) is 0 Å². The summed E-state index contributed by atoms with van der Waals surface area (Å²) in [5, 5.41) is 6.12. The minimum atomic E-state index is -0.624. The Morgan fingerprint density at radius 3 is 2.41 bits per heavy atom. The van der Waals surface area contributed by atoms with Gasteiger partial charge in [0.05, 0.1) is 6.54 Å². The van der Waals surface area contributed by atoms with Crippen molar-refractivity contribution in [3.8, 4) is 5.75 Å². The fourth-order valence-electron chi connectivity index (χ4n) is 6.08. The zero-order valence-corrected chi connectivity index (χ0v) is 21.2. The third-order valence-electron chi connectivity index (χ3n) is 8.42. The molecule has 3 unspecified atom stereocenters. The third-order valence-corrected chi connectivity index (χ3v) is 8.42. The summed E-state index contributed by atoms with van der Waals surface area (Å²) in [4.78, 5) is 38.4. The van der Waals surface area contributed by atoms with E-state index in [2.05, 4.69) is 34.9 Å². The van der Waals surface area contributed by atoms with E-state index in [0.717, 1.165) is 35.9 Å². The second-order valence-electron chi connectivity index (χ2n) is 11.2. The number of piperidine rings is 2. The van der Waals surface area contributed by atoms with Gasteiger partial charge in [-0.1, -0.05) is 43.2 Å². The first-order valence-corrected chi connectivity index (χ1v) is 13.7. The van der Waals surface area contributed by atoms with Gasteiger partial charge in [0.25, 0.3) is 5.91 Å². The number of hydrogen-bond donors (Lipinski definition) is 2. The summed E-state index contributed by atoms with van der Waals surface area (Å²) in [7, 11) is 0. The van der Waals surface area contributed by atoms with Gasteiger partial charge in [-0.3, -0.25) is 19.7 Å². The van der Waals surface area contributed by atoms with E-state index in [1.165, 1.54) is 37.7 Å². The van der Waals surface area contributed by atoms with Crippen LogP contribution in [0.3, 0.4) is 0 Å². The number of nitrogens with one attached hydrogen (secondary N) is 2. The Labute approximate surface area is 217 Å². The number of imide groups is 1. The van der Waals surface area contributed by atoms with Crippen LogP contribution in [0.15, 0.2) is 42.5 Å². The number of carbonyl (C=O) groups is 3. The van der Waals surface area contributed by atoms with Crippen LogP contribution in [0, 0.1) is 11.8 Å². The zero-order chi connectivity index (χ0) is 25.4. The molecule has 0 bridgehead atoms. The van der Waals surface area contributed by atoms with E-state index in [1.54, 1.807) is 11.0 Å². The van der Waals surface area contributed by atoms with Gasteiger partial charge in [0.15, 0.2) is 0 Å². The van der Waals surface area contributed by atoms with E-state index in [9.17, 15) is 14.4 Å². The van der Waals surface area contributed by atoms with E-state index in [1.807, 2.05) is 12.1 Å². The fraction of sp³-hybridized carbons (Fsp3) is 0.500. The molecule has 3 amide bonds. The molecule has 1 saturated carbocycles. The fourth-order valence-corrected chi connectivity index (χ4v) is 6.08. The molecule has 1 aliphatic carbocycles. The number of benzene rings is 2. The van der Waals surface area contributed by atoms with Gasteiger partial charge in [-0.05, 0) is 73.7 Å². The van der Waals surface area contributed by atoms with Gasteiger partial charge in [0.1, 0.15) is 18.4 Å². The maximum Gasteiger partial charge on any atom is 0.255 e. The van der Waals surface area contributed by atoms with Crippen molar-refractivity contribution in [3.05, 3.63) is 64.7 Å². The summed E-state index contributed by atoms with van der Waals surface area (Å²) in [6, 6.07) is 14.0. The Bertz CT molecular complexity index is 1180. The summed E-state index contributed by atoms with van der Waals surface area (Å²) in [5.74, 6) is 1.68. The van der Waals surface area contributed by atoms with Crippen molar-refractivity contribution >= 4 is 17.7 Å². The topological polar surface area (TPSA) is 87.7 Å². The zero-order valence-electron chi connectivity index (χ0n) is 21.2. The van der Waals surface area contributed by atoms with E-state index in [-0.39, 0.29) is 18.2 Å². The van der Waals surface area contributed by atoms with Crippen molar-refractivity contribution in [1.82, 2.24) is 15.5 Å². The Kier molecular flexibility index (Phi) is 6.72. The molecule has 7 nitrogen and oxygen atoms in total. The molecule has 2 saturated heterocycles. The molecular formula is C30H35N3O4. The van der Waals surface area contributed by atoms with E-state index in [0.29, 0.717) is 36.9 Å². The maximum atomic E-state index is 13.0. The smallest absolute Gasteiger partial charge is 0.255 e. The second kappa shape index (κ2) is 10.3. The number of nitrogens with zero attached hydrogens (tertiary/aromatic N) is 1. The molecular weight excluding hydrogens is 466 g/mol. The Morgan fingerprint density at radius 1 is 0.892 bits per heavy atom. The molecule has 194 valence electrons. The second-order valence-corrected chi connectivity index (χ2v) is 11.2. The van der Waals surface area contributed by atoms with Gasteiger partial charge < -0.3 is 15.0 Å². The van der Waals surface area contributed by atoms with Gasteiger partial charge in [0.2, 0.25) is 11.8 Å². The van der Waals surface area contributed by atoms with Crippen molar-refractivity contribution in [2.45, 2.75) is 76.6 Å². The number of rotatable bonds is 8. The summed E-state index contributed by atoms with van der Waals surface area (Å²) in [5.41, 5.74) is 3.79. The summed E-state index contributed by atoms with van der Waals surface area (Å²) >= 11 is 0. The van der Waals surface area contributed by atoms with Crippen LogP contribution < -0.4 is 15.4 Å².